The second-order valence-corrected chi connectivity index (χ2v) is 4.23. The maximum absolute atomic E-state index is 4.88. The first kappa shape index (κ1) is 10.4. The molecule has 2 rings (SSSR count). The third-order valence-corrected chi connectivity index (χ3v) is 2.82. The van der Waals surface area contributed by atoms with E-state index in [0.29, 0.717) is 18.3 Å². The minimum atomic E-state index is 0.581. The predicted molar refractivity (Wildman–Crippen MR) is 65.5 cm³/mol. The lowest BCUT2D eigenvalue weighted by Gasteiger charge is -2.04. The molecule has 15 heavy (non-hydrogen) atoms. The summed E-state index contributed by atoms with van der Waals surface area (Å²) in [5.41, 5.74) is 1.08. The topological polar surface area (TPSA) is 51.0 Å². The standard InChI is InChI=1S/C10H10IN3O/c1-7-13-10(14-15-7)6-12-9-5-3-2-4-8(9)11/h2-5,12H,6H2,1H3. The van der Waals surface area contributed by atoms with E-state index >= 15 is 0 Å². The van der Waals surface area contributed by atoms with Crippen molar-refractivity contribution in [1.82, 2.24) is 10.1 Å². The largest absolute Gasteiger partial charge is 0.377 e. The third kappa shape index (κ3) is 2.68. The van der Waals surface area contributed by atoms with Gasteiger partial charge in [-0.05, 0) is 34.7 Å². The van der Waals surface area contributed by atoms with E-state index in [1.165, 1.54) is 3.57 Å². The van der Waals surface area contributed by atoms with Gasteiger partial charge >= 0.3 is 0 Å². The lowest BCUT2D eigenvalue weighted by Crippen LogP contribution is -2.02. The summed E-state index contributed by atoms with van der Waals surface area (Å²) in [5, 5.41) is 7.06. The van der Waals surface area contributed by atoms with Gasteiger partial charge in [0, 0.05) is 16.2 Å². The van der Waals surface area contributed by atoms with Crippen LogP contribution in [-0.2, 0) is 6.54 Å². The van der Waals surface area contributed by atoms with E-state index in [-0.39, 0.29) is 0 Å². The number of halogens is 1. The zero-order valence-electron chi connectivity index (χ0n) is 8.20. The van der Waals surface area contributed by atoms with Crippen molar-refractivity contribution < 1.29 is 4.52 Å². The van der Waals surface area contributed by atoms with Crippen molar-refractivity contribution in [2.75, 3.05) is 5.32 Å². The molecular weight excluding hydrogens is 305 g/mol. The van der Waals surface area contributed by atoms with E-state index in [2.05, 4.69) is 38.0 Å². The molecule has 0 aliphatic rings. The molecular formula is C10H10IN3O. The maximum Gasteiger partial charge on any atom is 0.223 e. The Balaban J connectivity index is 2.02. The Hall–Kier alpha value is -1.11. The van der Waals surface area contributed by atoms with E-state index < -0.39 is 0 Å². The summed E-state index contributed by atoms with van der Waals surface area (Å²) < 4.78 is 6.06. The van der Waals surface area contributed by atoms with Crippen LogP contribution in [0.4, 0.5) is 5.69 Å². The van der Waals surface area contributed by atoms with Crippen molar-refractivity contribution in [1.29, 1.82) is 0 Å². The van der Waals surface area contributed by atoms with Crippen LogP contribution in [-0.4, -0.2) is 10.1 Å². The Morgan fingerprint density at radius 3 is 2.87 bits per heavy atom. The Morgan fingerprint density at radius 1 is 1.40 bits per heavy atom. The minimum absolute atomic E-state index is 0.581. The molecule has 5 heteroatoms. The van der Waals surface area contributed by atoms with Gasteiger partial charge in [0.1, 0.15) is 0 Å². The molecule has 0 unspecified atom stereocenters. The molecule has 2 aromatic rings. The highest BCUT2D eigenvalue weighted by molar-refractivity contribution is 14.1. The molecule has 4 nitrogen and oxygen atoms in total. The number of aryl methyl sites for hydroxylation is 1. The monoisotopic (exact) mass is 315 g/mol. The van der Waals surface area contributed by atoms with Gasteiger partial charge in [-0.2, -0.15) is 4.98 Å². The molecule has 0 atom stereocenters. The number of rotatable bonds is 3. The summed E-state index contributed by atoms with van der Waals surface area (Å²) in [5.74, 6) is 1.27. The molecule has 0 aliphatic heterocycles. The fourth-order valence-electron chi connectivity index (χ4n) is 1.19. The van der Waals surface area contributed by atoms with Crippen LogP contribution in [0.25, 0.3) is 0 Å². The van der Waals surface area contributed by atoms with Crippen LogP contribution < -0.4 is 5.32 Å². The summed E-state index contributed by atoms with van der Waals surface area (Å²) in [4.78, 5) is 4.11. The molecule has 0 spiro atoms. The summed E-state index contributed by atoms with van der Waals surface area (Å²) in [6.45, 7) is 2.36. The Morgan fingerprint density at radius 2 is 2.20 bits per heavy atom. The van der Waals surface area contributed by atoms with Crippen molar-refractivity contribution >= 4 is 28.3 Å². The van der Waals surface area contributed by atoms with Crippen LogP contribution in [0.5, 0.6) is 0 Å². The Bertz CT molecular complexity index is 455. The number of nitrogens with one attached hydrogen (secondary N) is 1. The van der Waals surface area contributed by atoms with Gasteiger partial charge in [-0.15, -0.1) is 0 Å². The van der Waals surface area contributed by atoms with Gasteiger partial charge in [-0.25, -0.2) is 0 Å². The highest BCUT2D eigenvalue weighted by Crippen LogP contribution is 2.17. The van der Waals surface area contributed by atoms with Gasteiger partial charge < -0.3 is 9.84 Å². The number of anilines is 1. The molecule has 0 aliphatic carbocycles. The average Bonchev–Trinajstić information content (AvgIpc) is 2.63. The number of hydrogen-bond acceptors (Lipinski definition) is 4. The van der Waals surface area contributed by atoms with Crippen LogP contribution in [0.15, 0.2) is 28.8 Å². The molecule has 1 aromatic heterocycles. The van der Waals surface area contributed by atoms with Gasteiger partial charge in [-0.3, -0.25) is 0 Å². The van der Waals surface area contributed by atoms with Crippen LogP contribution >= 0.6 is 22.6 Å². The molecule has 0 saturated carbocycles. The van der Waals surface area contributed by atoms with Crippen LogP contribution in [0, 0.1) is 10.5 Å². The minimum Gasteiger partial charge on any atom is -0.377 e. The Labute approximate surface area is 101 Å². The van der Waals surface area contributed by atoms with E-state index in [1.807, 2.05) is 24.3 Å². The number of benzene rings is 1. The molecule has 0 fully saturated rings. The molecule has 0 saturated heterocycles. The van der Waals surface area contributed by atoms with Gasteiger partial charge in [0.15, 0.2) is 5.82 Å². The van der Waals surface area contributed by atoms with Crippen LogP contribution in [0.2, 0.25) is 0 Å². The van der Waals surface area contributed by atoms with Gasteiger partial charge in [0.25, 0.3) is 0 Å². The number of nitrogens with zero attached hydrogens (tertiary/aromatic N) is 2. The fourth-order valence-corrected chi connectivity index (χ4v) is 1.77. The van der Waals surface area contributed by atoms with Crippen LogP contribution in [0.3, 0.4) is 0 Å². The van der Waals surface area contributed by atoms with Gasteiger partial charge in [0.05, 0.1) is 6.54 Å². The lowest BCUT2D eigenvalue weighted by molar-refractivity contribution is 0.388. The first-order chi connectivity index (χ1) is 7.25. The van der Waals surface area contributed by atoms with Gasteiger partial charge in [-0.1, -0.05) is 17.3 Å². The fraction of sp³-hybridized carbons (Fsp3) is 0.200. The highest BCUT2D eigenvalue weighted by Gasteiger charge is 2.02. The number of hydrogen-bond donors (Lipinski definition) is 1. The van der Waals surface area contributed by atoms with Crippen molar-refractivity contribution in [2.45, 2.75) is 13.5 Å². The predicted octanol–water partition coefficient (Wildman–Crippen LogP) is 2.59. The lowest BCUT2D eigenvalue weighted by atomic mass is 10.3. The third-order valence-electron chi connectivity index (χ3n) is 1.88. The zero-order chi connectivity index (χ0) is 10.7. The second kappa shape index (κ2) is 4.61. The quantitative estimate of drug-likeness (QED) is 0.885. The average molecular weight is 315 g/mol. The molecule has 0 bridgehead atoms. The first-order valence-corrected chi connectivity index (χ1v) is 5.61. The summed E-state index contributed by atoms with van der Waals surface area (Å²) in [6, 6.07) is 8.07. The van der Waals surface area contributed by atoms with Crippen LogP contribution in [0.1, 0.15) is 11.7 Å². The normalized spacial score (nSPS) is 10.3. The maximum atomic E-state index is 4.88. The Kier molecular flexibility index (Phi) is 3.20. The zero-order valence-corrected chi connectivity index (χ0v) is 10.4. The molecule has 1 N–H and O–H groups in total. The van der Waals surface area contributed by atoms with E-state index in [1.54, 1.807) is 6.92 Å². The summed E-state index contributed by atoms with van der Waals surface area (Å²) in [7, 11) is 0. The second-order valence-electron chi connectivity index (χ2n) is 3.06. The molecule has 0 amide bonds. The van der Waals surface area contributed by atoms with E-state index in [9.17, 15) is 0 Å². The van der Waals surface area contributed by atoms with E-state index in [0.717, 1.165) is 5.69 Å². The first-order valence-electron chi connectivity index (χ1n) is 4.53. The van der Waals surface area contributed by atoms with Crippen molar-refractivity contribution in [3.63, 3.8) is 0 Å². The molecule has 0 radical (unpaired) electrons. The van der Waals surface area contributed by atoms with Crippen molar-refractivity contribution in [3.05, 3.63) is 39.6 Å². The SMILES string of the molecule is Cc1nc(CNc2ccccc2I)no1. The summed E-state index contributed by atoms with van der Waals surface area (Å²) >= 11 is 2.28. The van der Waals surface area contributed by atoms with E-state index in [4.69, 9.17) is 4.52 Å². The number of para-hydroxylation sites is 1. The van der Waals surface area contributed by atoms with Gasteiger partial charge in [0.2, 0.25) is 5.89 Å². The molecule has 1 heterocycles. The smallest absolute Gasteiger partial charge is 0.223 e. The van der Waals surface area contributed by atoms with Crippen molar-refractivity contribution in [3.8, 4) is 0 Å². The highest BCUT2D eigenvalue weighted by atomic mass is 127. The number of aromatic nitrogens is 2. The van der Waals surface area contributed by atoms with Crippen molar-refractivity contribution in [2.24, 2.45) is 0 Å². The molecule has 78 valence electrons. The molecule has 1 aromatic carbocycles. The summed E-state index contributed by atoms with van der Waals surface area (Å²) in [6.07, 6.45) is 0.